The molecular formula is C14H14FN7OS. The molecule has 124 valence electrons. The summed E-state index contributed by atoms with van der Waals surface area (Å²) in [5, 5.41) is 6.69. The van der Waals surface area contributed by atoms with Crippen LogP contribution in [0.3, 0.4) is 0 Å². The van der Waals surface area contributed by atoms with Gasteiger partial charge in [-0.15, -0.1) is 11.8 Å². The molecule has 2 aromatic heterocycles. The maximum Gasteiger partial charge on any atom is 0.236 e. The van der Waals surface area contributed by atoms with Crippen molar-refractivity contribution in [3.8, 4) is 0 Å². The second kappa shape index (κ2) is 7.21. The summed E-state index contributed by atoms with van der Waals surface area (Å²) in [6, 6.07) is 5.86. The van der Waals surface area contributed by atoms with Crippen LogP contribution in [0.2, 0.25) is 0 Å². The highest BCUT2D eigenvalue weighted by Gasteiger charge is 2.08. The third-order valence-corrected chi connectivity index (χ3v) is 3.74. The molecule has 0 bridgehead atoms. The third kappa shape index (κ3) is 4.38. The summed E-state index contributed by atoms with van der Waals surface area (Å²) < 4.78 is 18.0. The van der Waals surface area contributed by atoms with Gasteiger partial charge >= 0.3 is 0 Å². The summed E-state index contributed by atoms with van der Waals surface area (Å²) in [5.74, 6) is 2.82. The summed E-state index contributed by atoms with van der Waals surface area (Å²) in [5.41, 5.74) is 6.37. The van der Waals surface area contributed by atoms with Gasteiger partial charge in [0.1, 0.15) is 11.6 Å². The van der Waals surface area contributed by atoms with E-state index in [4.69, 9.17) is 10.3 Å². The van der Waals surface area contributed by atoms with E-state index in [1.54, 1.807) is 19.1 Å². The lowest BCUT2D eigenvalue weighted by atomic mass is 10.3. The van der Waals surface area contributed by atoms with Gasteiger partial charge in [-0.3, -0.25) is 0 Å². The summed E-state index contributed by atoms with van der Waals surface area (Å²) in [6.07, 6.45) is 0. The molecule has 1 aromatic carbocycles. The Labute approximate surface area is 141 Å². The van der Waals surface area contributed by atoms with E-state index in [1.165, 1.54) is 23.9 Å². The van der Waals surface area contributed by atoms with E-state index in [1.807, 2.05) is 0 Å². The Bertz CT molecular complexity index is 824. The molecule has 0 aliphatic heterocycles. The molecule has 3 N–H and O–H groups in total. The molecule has 2 heterocycles. The molecule has 0 atom stereocenters. The number of nitrogens with one attached hydrogen (secondary N) is 1. The van der Waals surface area contributed by atoms with Gasteiger partial charge in [-0.25, -0.2) is 4.39 Å². The first kappa shape index (κ1) is 16.1. The molecule has 0 unspecified atom stereocenters. The van der Waals surface area contributed by atoms with E-state index >= 15 is 0 Å². The summed E-state index contributed by atoms with van der Waals surface area (Å²) in [4.78, 5) is 16.5. The molecule has 24 heavy (non-hydrogen) atoms. The number of thioether (sulfide) groups is 1. The number of hydrogen-bond acceptors (Lipinski definition) is 9. The number of hydrogen-bond donors (Lipinski definition) is 2. The zero-order valence-corrected chi connectivity index (χ0v) is 13.5. The van der Waals surface area contributed by atoms with Gasteiger partial charge in [0.15, 0.2) is 5.82 Å². The van der Waals surface area contributed by atoms with Gasteiger partial charge in [0.2, 0.25) is 17.8 Å². The first-order valence-electron chi connectivity index (χ1n) is 6.98. The number of halogens is 1. The van der Waals surface area contributed by atoms with Crippen LogP contribution in [0.1, 0.15) is 17.5 Å². The molecular weight excluding hydrogens is 333 g/mol. The van der Waals surface area contributed by atoms with Crippen LogP contribution in [0.25, 0.3) is 0 Å². The summed E-state index contributed by atoms with van der Waals surface area (Å²) in [6.45, 7) is 1.76. The number of aryl methyl sites for hydroxylation is 1. The Hall–Kier alpha value is -2.75. The minimum atomic E-state index is -0.316. The molecule has 0 amide bonds. The monoisotopic (exact) mass is 347 g/mol. The van der Waals surface area contributed by atoms with Crippen LogP contribution in [0.4, 0.5) is 22.0 Å². The SMILES string of the molecule is Cc1noc(CSCc2nc(N)nc(Nc3ccc(F)cc3)n2)n1. The summed E-state index contributed by atoms with van der Waals surface area (Å²) in [7, 11) is 0. The van der Waals surface area contributed by atoms with Crippen molar-refractivity contribution < 1.29 is 8.91 Å². The third-order valence-electron chi connectivity index (χ3n) is 2.83. The predicted molar refractivity (Wildman–Crippen MR) is 88.0 cm³/mol. The van der Waals surface area contributed by atoms with Crippen molar-refractivity contribution in [1.29, 1.82) is 0 Å². The van der Waals surface area contributed by atoms with E-state index in [0.717, 1.165) is 0 Å². The number of anilines is 3. The maximum absolute atomic E-state index is 12.9. The predicted octanol–water partition coefficient (Wildman–Crippen LogP) is 2.46. The Morgan fingerprint density at radius 3 is 2.62 bits per heavy atom. The molecule has 0 saturated heterocycles. The fourth-order valence-corrected chi connectivity index (χ4v) is 2.55. The minimum Gasteiger partial charge on any atom is -0.368 e. The van der Waals surface area contributed by atoms with Crippen molar-refractivity contribution in [3.05, 3.63) is 47.6 Å². The average molecular weight is 347 g/mol. The Morgan fingerprint density at radius 2 is 1.92 bits per heavy atom. The van der Waals surface area contributed by atoms with Gasteiger partial charge in [0.25, 0.3) is 0 Å². The van der Waals surface area contributed by atoms with Crippen molar-refractivity contribution in [1.82, 2.24) is 25.1 Å². The normalized spacial score (nSPS) is 10.8. The molecule has 0 aliphatic carbocycles. The van der Waals surface area contributed by atoms with Crippen LogP contribution in [0.15, 0.2) is 28.8 Å². The van der Waals surface area contributed by atoms with Gasteiger partial charge < -0.3 is 15.6 Å². The largest absolute Gasteiger partial charge is 0.368 e. The second-order valence-corrected chi connectivity index (χ2v) is 5.78. The highest BCUT2D eigenvalue weighted by molar-refractivity contribution is 7.97. The summed E-state index contributed by atoms with van der Waals surface area (Å²) >= 11 is 1.52. The van der Waals surface area contributed by atoms with Crippen molar-refractivity contribution in [3.63, 3.8) is 0 Å². The van der Waals surface area contributed by atoms with Crippen LogP contribution in [-0.4, -0.2) is 25.1 Å². The number of nitrogens with zero attached hydrogens (tertiary/aromatic N) is 5. The topological polar surface area (TPSA) is 116 Å². The molecule has 8 nitrogen and oxygen atoms in total. The smallest absolute Gasteiger partial charge is 0.236 e. The molecule has 0 aliphatic rings. The van der Waals surface area contributed by atoms with Gasteiger partial charge in [-0.05, 0) is 31.2 Å². The second-order valence-electron chi connectivity index (χ2n) is 4.79. The van der Waals surface area contributed by atoms with E-state index in [2.05, 4.69) is 30.4 Å². The number of benzene rings is 1. The standard InChI is InChI=1S/C14H14FN7OS/c1-8-17-12(23-22-8)7-24-6-11-19-13(16)21-14(20-11)18-10-4-2-9(15)3-5-10/h2-5H,6-7H2,1H3,(H3,16,18,19,20,21). The van der Waals surface area contributed by atoms with Gasteiger partial charge in [0.05, 0.1) is 11.5 Å². The first-order valence-corrected chi connectivity index (χ1v) is 8.14. The zero-order chi connectivity index (χ0) is 16.9. The number of nitrogen functional groups attached to an aromatic ring is 1. The number of nitrogens with two attached hydrogens (primary N) is 1. The van der Waals surface area contributed by atoms with E-state index in [-0.39, 0.29) is 11.8 Å². The van der Waals surface area contributed by atoms with Crippen LogP contribution in [0.5, 0.6) is 0 Å². The van der Waals surface area contributed by atoms with Gasteiger partial charge in [0, 0.05) is 5.69 Å². The minimum absolute atomic E-state index is 0.110. The van der Waals surface area contributed by atoms with Gasteiger partial charge in [-0.1, -0.05) is 5.16 Å². The number of aromatic nitrogens is 5. The van der Waals surface area contributed by atoms with Crippen LogP contribution in [-0.2, 0) is 11.5 Å². The van der Waals surface area contributed by atoms with E-state index in [0.29, 0.717) is 40.7 Å². The average Bonchev–Trinajstić information content (AvgIpc) is 2.95. The number of rotatable bonds is 6. The van der Waals surface area contributed by atoms with Gasteiger partial charge in [-0.2, -0.15) is 19.9 Å². The Morgan fingerprint density at radius 1 is 1.12 bits per heavy atom. The maximum atomic E-state index is 12.9. The van der Waals surface area contributed by atoms with E-state index in [9.17, 15) is 4.39 Å². The van der Waals surface area contributed by atoms with Crippen LogP contribution >= 0.6 is 11.8 Å². The Kier molecular flexibility index (Phi) is 4.85. The zero-order valence-electron chi connectivity index (χ0n) is 12.7. The van der Waals surface area contributed by atoms with Crippen LogP contribution < -0.4 is 11.1 Å². The fraction of sp³-hybridized carbons (Fsp3) is 0.214. The highest BCUT2D eigenvalue weighted by Crippen LogP contribution is 2.18. The molecule has 0 saturated carbocycles. The molecule has 3 rings (SSSR count). The lowest BCUT2D eigenvalue weighted by Crippen LogP contribution is -2.06. The molecule has 0 radical (unpaired) electrons. The molecule has 3 aromatic rings. The first-order chi connectivity index (χ1) is 11.6. The molecule has 0 fully saturated rings. The highest BCUT2D eigenvalue weighted by atomic mass is 32.2. The lowest BCUT2D eigenvalue weighted by molar-refractivity contribution is 0.387. The quantitative estimate of drug-likeness (QED) is 0.693. The van der Waals surface area contributed by atoms with Crippen molar-refractivity contribution in [2.45, 2.75) is 18.4 Å². The Balaban J connectivity index is 1.63. The molecule has 10 heteroatoms. The van der Waals surface area contributed by atoms with Crippen molar-refractivity contribution >= 4 is 29.3 Å². The van der Waals surface area contributed by atoms with Crippen molar-refractivity contribution in [2.75, 3.05) is 11.1 Å². The lowest BCUT2D eigenvalue weighted by Gasteiger charge is -2.07. The van der Waals surface area contributed by atoms with E-state index < -0.39 is 0 Å². The van der Waals surface area contributed by atoms with Crippen LogP contribution in [0, 0.1) is 12.7 Å². The molecule has 0 spiro atoms. The van der Waals surface area contributed by atoms with Crippen molar-refractivity contribution in [2.24, 2.45) is 0 Å². The fourth-order valence-electron chi connectivity index (χ4n) is 1.85.